The molecule has 1 aromatic carbocycles. The fourth-order valence-corrected chi connectivity index (χ4v) is 5.85. The molecule has 128 valence electrons. The summed E-state index contributed by atoms with van der Waals surface area (Å²) in [6.45, 7) is 0. The van der Waals surface area contributed by atoms with E-state index in [4.69, 9.17) is 10.3 Å². The molecule has 0 heterocycles. The average molecular weight is 385 g/mol. The fourth-order valence-electron chi connectivity index (χ4n) is 2.34. The largest absolute Gasteiger partial charge is 0.399 e. The first-order chi connectivity index (χ1) is 10.2. The molecule has 1 aromatic rings. The summed E-state index contributed by atoms with van der Waals surface area (Å²) in [6, 6.07) is 3.16. The van der Waals surface area contributed by atoms with Gasteiger partial charge in [0.2, 0.25) is 0 Å². The van der Waals surface area contributed by atoms with Gasteiger partial charge in [0.25, 0.3) is 34.4 Å². The molecule has 5 N–H and O–H groups in total. The zero-order valence-corrected chi connectivity index (χ0v) is 13.6. The Morgan fingerprint density at radius 2 is 1.48 bits per heavy atom. The molecular formula is C10H11NO9S3. The highest BCUT2D eigenvalue weighted by molar-refractivity contribution is 8.04. The maximum absolute atomic E-state index is 11.8. The molecule has 0 saturated carbocycles. The topological polar surface area (TPSA) is 189 Å². The molecular weight excluding hydrogens is 374 g/mol. The normalized spacial score (nSPS) is 18.1. The van der Waals surface area contributed by atoms with E-state index in [1.165, 1.54) is 6.07 Å². The number of hydrogen-bond donors (Lipinski definition) is 4. The minimum atomic E-state index is -5.58. The highest BCUT2D eigenvalue weighted by Crippen LogP contribution is 2.47. The Morgan fingerprint density at radius 3 is 1.91 bits per heavy atom. The van der Waals surface area contributed by atoms with Crippen molar-refractivity contribution in [2.45, 2.75) is 10.5 Å². The van der Waals surface area contributed by atoms with E-state index in [0.717, 1.165) is 18.2 Å². The highest BCUT2D eigenvalue weighted by Gasteiger charge is 2.59. The second-order valence-corrected chi connectivity index (χ2v) is 9.84. The van der Waals surface area contributed by atoms with E-state index in [9.17, 15) is 34.4 Å². The quantitative estimate of drug-likeness (QED) is 0.401. The molecule has 0 atom stereocenters. The van der Waals surface area contributed by atoms with Crippen molar-refractivity contribution in [3.8, 4) is 0 Å². The molecule has 0 fully saturated rings. The van der Waals surface area contributed by atoms with Crippen molar-refractivity contribution in [2.24, 2.45) is 0 Å². The molecule has 13 heteroatoms. The summed E-state index contributed by atoms with van der Waals surface area (Å²) >= 11 is 0. The van der Waals surface area contributed by atoms with Gasteiger partial charge in [-0.3, -0.25) is 13.7 Å². The van der Waals surface area contributed by atoms with Crippen LogP contribution < -0.4 is 5.73 Å². The first-order valence-corrected chi connectivity index (χ1v) is 10.0. The first kappa shape index (κ1) is 17.8. The minimum absolute atomic E-state index is 0.0934. The second-order valence-electron chi connectivity index (χ2n) is 4.81. The van der Waals surface area contributed by atoms with Crippen molar-refractivity contribution in [3.63, 3.8) is 0 Å². The monoisotopic (exact) mass is 385 g/mol. The molecule has 2 rings (SSSR count). The average Bonchev–Trinajstić information content (AvgIpc) is 2.33. The van der Waals surface area contributed by atoms with E-state index in [0.29, 0.717) is 0 Å². The minimum Gasteiger partial charge on any atom is -0.399 e. The molecule has 0 amide bonds. The third-order valence-electron chi connectivity index (χ3n) is 3.38. The number of nitrogen functional groups attached to an aromatic ring is 1. The molecule has 0 saturated heterocycles. The van der Waals surface area contributed by atoms with Gasteiger partial charge in [-0.1, -0.05) is 6.07 Å². The van der Waals surface area contributed by atoms with Crippen molar-refractivity contribution >= 4 is 42.1 Å². The Kier molecular flexibility index (Phi) is 3.87. The van der Waals surface area contributed by atoms with Crippen LogP contribution in [0.25, 0.3) is 6.08 Å². The number of anilines is 1. The van der Waals surface area contributed by atoms with Crippen LogP contribution in [0.1, 0.15) is 17.5 Å². The van der Waals surface area contributed by atoms with Crippen LogP contribution in [-0.2, 0) is 34.4 Å². The summed E-state index contributed by atoms with van der Waals surface area (Å²) in [5, 5.41) is 0. The molecule has 1 aliphatic carbocycles. The van der Waals surface area contributed by atoms with E-state index in [1.807, 2.05) is 0 Å². The molecule has 0 aliphatic heterocycles. The van der Waals surface area contributed by atoms with Gasteiger partial charge in [-0.2, -0.15) is 25.3 Å². The summed E-state index contributed by atoms with van der Waals surface area (Å²) in [4.78, 5) is -1.01. The van der Waals surface area contributed by atoms with E-state index >= 15 is 0 Å². The van der Waals surface area contributed by atoms with Crippen LogP contribution in [0.2, 0.25) is 0 Å². The van der Waals surface area contributed by atoms with Crippen LogP contribution in [0.5, 0.6) is 0 Å². The Bertz CT molecular complexity index is 987. The Hall–Kier alpha value is -1.51. The van der Waals surface area contributed by atoms with Crippen LogP contribution in [0.4, 0.5) is 5.69 Å². The van der Waals surface area contributed by atoms with Crippen LogP contribution in [0.15, 0.2) is 23.1 Å². The number of allylic oxidation sites excluding steroid dienone is 1. The van der Waals surface area contributed by atoms with Gasteiger partial charge < -0.3 is 5.73 Å². The van der Waals surface area contributed by atoms with Gasteiger partial charge >= 0.3 is 0 Å². The molecule has 23 heavy (non-hydrogen) atoms. The van der Waals surface area contributed by atoms with Gasteiger partial charge in [0.15, 0.2) is 0 Å². The van der Waals surface area contributed by atoms with Gasteiger partial charge in [0.1, 0.15) is 0 Å². The fraction of sp³-hybridized carbons (Fsp3) is 0.200. The van der Waals surface area contributed by atoms with Gasteiger partial charge in [-0.05, 0) is 23.8 Å². The lowest BCUT2D eigenvalue weighted by molar-refractivity contribution is 0.421. The smallest absolute Gasteiger partial charge is 0.292 e. The second kappa shape index (κ2) is 4.99. The lowest BCUT2D eigenvalue weighted by Crippen LogP contribution is -2.45. The van der Waals surface area contributed by atoms with Crippen LogP contribution in [0.3, 0.4) is 0 Å². The lowest BCUT2D eigenvalue weighted by atomic mass is 9.95. The van der Waals surface area contributed by atoms with E-state index in [2.05, 4.69) is 0 Å². The molecule has 0 radical (unpaired) electrons. The predicted molar refractivity (Wildman–Crippen MR) is 79.8 cm³/mol. The van der Waals surface area contributed by atoms with Crippen LogP contribution in [-0.4, -0.2) is 38.9 Å². The van der Waals surface area contributed by atoms with Gasteiger partial charge in [0.05, 0.1) is 4.91 Å². The Labute approximate surface area is 131 Å². The standard InChI is InChI=1S/C10H11NO9S3/c11-7-2-1-6-3-8(21(12,13)14)5-10(9(6)4-7,22(15,16)17)23(18,19)20/h1-4H,5,11H2,(H,12,13,14)(H,15,16,17)(H,18,19,20). The molecule has 0 bridgehead atoms. The van der Waals surface area contributed by atoms with Crippen molar-refractivity contribution in [3.05, 3.63) is 34.2 Å². The molecule has 10 nitrogen and oxygen atoms in total. The van der Waals surface area contributed by atoms with Crippen LogP contribution >= 0.6 is 0 Å². The predicted octanol–water partition coefficient (Wildman–Crippen LogP) is -0.170. The summed E-state index contributed by atoms with van der Waals surface area (Å²) in [7, 11) is -16.1. The third kappa shape index (κ3) is 2.75. The maximum Gasteiger partial charge on any atom is 0.292 e. The van der Waals surface area contributed by atoms with Crippen molar-refractivity contribution < 1.29 is 38.9 Å². The molecule has 0 unspecified atom stereocenters. The number of hydrogen-bond acceptors (Lipinski definition) is 7. The summed E-state index contributed by atoms with van der Waals surface area (Å²) in [6.07, 6.45) is -0.599. The Morgan fingerprint density at radius 1 is 0.957 bits per heavy atom. The Balaban J connectivity index is 3.07. The first-order valence-electron chi connectivity index (χ1n) is 5.72. The van der Waals surface area contributed by atoms with Gasteiger partial charge in [-0.15, -0.1) is 0 Å². The van der Waals surface area contributed by atoms with E-state index < -0.39 is 51.3 Å². The third-order valence-corrected chi connectivity index (χ3v) is 7.96. The SMILES string of the molecule is Nc1ccc2c(c1)C(S(=O)(=O)O)(S(=O)(=O)O)CC(S(=O)(=O)O)=C2. The summed E-state index contributed by atoms with van der Waals surface area (Å²) < 4.78 is 94.3. The number of nitrogens with two attached hydrogens (primary N) is 1. The molecule has 0 spiro atoms. The van der Waals surface area contributed by atoms with Gasteiger partial charge in [0, 0.05) is 17.7 Å². The lowest BCUT2D eigenvalue weighted by Gasteiger charge is -2.32. The van der Waals surface area contributed by atoms with Crippen molar-refractivity contribution in [1.29, 1.82) is 0 Å². The van der Waals surface area contributed by atoms with Crippen molar-refractivity contribution in [2.75, 3.05) is 5.73 Å². The summed E-state index contributed by atoms with van der Waals surface area (Å²) in [5.41, 5.74) is 4.48. The zero-order valence-electron chi connectivity index (χ0n) is 11.1. The summed E-state index contributed by atoms with van der Waals surface area (Å²) in [5.74, 6) is 0. The molecule has 0 aromatic heterocycles. The van der Waals surface area contributed by atoms with Crippen molar-refractivity contribution in [1.82, 2.24) is 0 Å². The number of benzene rings is 1. The van der Waals surface area contributed by atoms with E-state index in [1.54, 1.807) is 0 Å². The zero-order chi connectivity index (χ0) is 17.8. The van der Waals surface area contributed by atoms with Gasteiger partial charge in [-0.25, -0.2) is 0 Å². The van der Waals surface area contributed by atoms with E-state index in [-0.39, 0.29) is 11.3 Å². The highest BCUT2D eigenvalue weighted by atomic mass is 32.3. The maximum atomic E-state index is 11.8. The molecule has 1 aliphatic rings. The number of fused-ring (bicyclic) bond motifs is 1. The van der Waals surface area contributed by atoms with Crippen LogP contribution in [0, 0.1) is 0 Å². The number of rotatable bonds is 3.